The Bertz CT molecular complexity index is 460. The highest BCUT2D eigenvalue weighted by Crippen LogP contribution is 2.24. The number of benzene rings is 1. The van der Waals surface area contributed by atoms with Crippen LogP contribution in [0.2, 0.25) is 5.02 Å². The van der Waals surface area contributed by atoms with E-state index in [4.69, 9.17) is 21.4 Å². The molecule has 0 radical (unpaired) electrons. The number of nitrogens with zero attached hydrogens (tertiary/aromatic N) is 1. The third-order valence-corrected chi connectivity index (χ3v) is 2.44. The van der Waals surface area contributed by atoms with Crippen LogP contribution in [0.15, 0.2) is 18.2 Å². The predicted molar refractivity (Wildman–Crippen MR) is 72.1 cm³/mol. The first-order chi connectivity index (χ1) is 8.74. The number of rotatable bonds is 3. The summed E-state index contributed by atoms with van der Waals surface area (Å²) in [5.41, 5.74) is -0.288. The number of hydrogen-bond acceptors (Lipinski definition) is 3. The van der Waals surface area contributed by atoms with Crippen molar-refractivity contribution in [1.82, 2.24) is 0 Å². The molecule has 1 aromatic carbocycles. The van der Waals surface area contributed by atoms with Crippen molar-refractivity contribution in [3.05, 3.63) is 29.0 Å². The van der Waals surface area contributed by atoms with Gasteiger partial charge in [-0.1, -0.05) is 11.6 Å². The zero-order valence-electron chi connectivity index (χ0n) is 11.1. The van der Waals surface area contributed by atoms with E-state index in [1.54, 1.807) is 20.8 Å². The van der Waals surface area contributed by atoms with E-state index in [1.807, 2.05) is 0 Å². The van der Waals surface area contributed by atoms with Crippen LogP contribution in [0.4, 0.5) is 14.9 Å². The van der Waals surface area contributed by atoms with E-state index < -0.39 is 17.5 Å². The van der Waals surface area contributed by atoms with Crippen molar-refractivity contribution in [3.8, 4) is 0 Å². The van der Waals surface area contributed by atoms with E-state index in [-0.39, 0.29) is 18.2 Å². The molecule has 19 heavy (non-hydrogen) atoms. The average Bonchev–Trinajstić information content (AvgIpc) is 2.27. The van der Waals surface area contributed by atoms with E-state index >= 15 is 0 Å². The molecule has 0 aromatic heterocycles. The maximum absolute atomic E-state index is 13.1. The smallest absolute Gasteiger partial charge is 0.414 e. The number of anilines is 1. The van der Waals surface area contributed by atoms with Gasteiger partial charge < -0.3 is 9.84 Å². The first-order valence-electron chi connectivity index (χ1n) is 5.81. The summed E-state index contributed by atoms with van der Waals surface area (Å²) in [6, 6.07) is 3.88. The van der Waals surface area contributed by atoms with Crippen molar-refractivity contribution in [2.24, 2.45) is 0 Å². The predicted octanol–water partition coefficient (Wildman–Crippen LogP) is 3.21. The minimum atomic E-state index is -0.658. The third kappa shape index (κ3) is 4.69. The fourth-order valence-electron chi connectivity index (χ4n) is 1.40. The number of carbonyl (C=O) groups excluding carboxylic acids is 1. The van der Waals surface area contributed by atoms with Crippen LogP contribution in [-0.4, -0.2) is 30.0 Å². The summed E-state index contributed by atoms with van der Waals surface area (Å²) in [6.45, 7) is 5.00. The summed E-state index contributed by atoms with van der Waals surface area (Å²) >= 11 is 5.68. The number of amides is 1. The van der Waals surface area contributed by atoms with Crippen molar-refractivity contribution in [2.75, 3.05) is 18.1 Å². The lowest BCUT2D eigenvalue weighted by atomic mass is 10.2. The molecule has 1 N–H and O–H groups in total. The van der Waals surface area contributed by atoms with Crippen LogP contribution in [0.25, 0.3) is 0 Å². The van der Waals surface area contributed by atoms with E-state index in [1.165, 1.54) is 17.0 Å². The van der Waals surface area contributed by atoms with Gasteiger partial charge in [0, 0.05) is 5.69 Å². The van der Waals surface area contributed by atoms with E-state index in [0.717, 1.165) is 6.07 Å². The maximum Gasteiger partial charge on any atom is 0.414 e. The summed E-state index contributed by atoms with van der Waals surface area (Å²) in [7, 11) is 0. The van der Waals surface area contributed by atoms with Crippen molar-refractivity contribution in [1.29, 1.82) is 0 Å². The molecular formula is C13H17ClFNO3. The molecule has 0 bridgehead atoms. The van der Waals surface area contributed by atoms with Crippen molar-refractivity contribution >= 4 is 23.4 Å². The number of ether oxygens (including phenoxy) is 1. The van der Waals surface area contributed by atoms with Gasteiger partial charge in [0.2, 0.25) is 0 Å². The highest BCUT2D eigenvalue weighted by Gasteiger charge is 2.23. The summed E-state index contributed by atoms with van der Waals surface area (Å²) in [4.78, 5) is 13.2. The highest BCUT2D eigenvalue weighted by molar-refractivity contribution is 6.31. The Morgan fingerprint density at radius 3 is 2.58 bits per heavy atom. The van der Waals surface area contributed by atoms with Crippen molar-refractivity contribution < 1.29 is 19.0 Å². The molecule has 0 fully saturated rings. The summed E-state index contributed by atoms with van der Waals surface area (Å²) in [5.74, 6) is -0.571. The topological polar surface area (TPSA) is 49.8 Å². The SMILES string of the molecule is CC(C)(C)OC(=O)N(CCO)c1ccc(F)c(Cl)c1. The Morgan fingerprint density at radius 1 is 1.47 bits per heavy atom. The highest BCUT2D eigenvalue weighted by atomic mass is 35.5. The van der Waals surface area contributed by atoms with Gasteiger partial charge in [0.1, 0.15) is 11.4 Å². The van der Waals surface area contributed by atoms with Gasteiger partial charge in [-0.25, -0.2) is 9.18 Å². The lowest BCUT2D eigenvalue weighted by Gasteiger charge is -2.27. The van der Waals surface area contributed by atoms with Gasteiger partial charge in [0.15, 0.2) is 0 Å². The van der Waals surface area contributed by atoms with Crippen LogP contribution in [0.5, 0.6) is 0 Å². The molecule has 0 spiro atoms. The molecule has 106 valence electrons. The Morgan fingerprint density at radius 2 is 2.11 bits per heavy atom. The second-order valence-electron chi connectivity index (χ2n) is 4.95. The Balaban J connectivity index is 2.99. The van der Waals surface area contributed by atoms with E-state index in [9.17, 15) is 9.18 Å². The second kappa shape index (κ2) is 6.21. The molecule has 1 rings (SSSR count). The molecule has 0 saturated heterocycles. The maximum atomic E-state index is 13.1. The Kier molecular flexibility index (Phi) is 5.14. The van der Waals surface area contributed by atoms with Gasteiger partial charge in [-0.15, -0.1) is 0 Å². The van der Waals surface area contributed by atoms with Crippen LogP contribution in [-0.2, 0) is 4.74 Å². The molecule has 0 heterocycles. The normalized spacial score (nSPS) is 11.3. The van der Waals surface area contributed by atoms with Gasteiger partial charge in [0.25, 0.3) is 0 Å². The van der Waals surface area contributed by atoms with Crippen molar-refractivity contribution in [3.63, 3.8) is 0 Å². The third-order valence-electron chi connectivity index (χ3n) is 2.15. The number of aliphatic hydroxyl groups excluding tert-OH is 1. The zero-order chi connectivity index (χ0) is 14.6. The van der Waals surface area contributed by atoms with Crippen LogP contribution < -0.4 is 4.90 Å². The van der Waals surface area contributed by atoms with Gasteiger partial charge in [-0.2, -0.15) is 0 Å². The summed E-state index contributed by atoms with van der Waals surface area (Å²) in [6.07, 6.45) is -0.621. The lowest BCUT2D eigenvalue weighted by molar-refractivity contribution is 0.0573. The molecule has 1 aromatic rings. The van der Waals surface area contributed by atoms with Crippen LogP contribution >= 0.6 is 11.6 Å². The Hall–Kier alpha value is -1.33. The van der Waals surface area contributed by atoms with Gasteiger partial charge >= 0.3 is 6.09 Å². The molecule has 1 amide bonds. The molecule has 0 aliphatic heterocycles. The number of hydrogen-bond donors (Lipinski definition) is 1. The summed E-state index contributed by atoms with van der Waals surface area (Å²) < 4.78 is 18.3. The molecule has 0 unspecified atom stereocenters. The molecule has 6 heteroatoms. The fraction of sp³-hybridized carbons (Fsp3) is 0.462. The van der Waals surface area contributed by atoms with E-state index in [2.05, 4.69) is 0 Å². The molecular weight excluding hydrogens is 273 g/mol. The fourth-order valence-corrected chi connectivity index (χ4v) is 1.57. The average molecular weight is 290 g/mol. The first-order valence-corrected chi connectivity index (χ1v) is 6.19. The van der Waals surface area contributed by atoms with E-state index in [0.29, 0.717) is 5.69 Å². The minimum Gasteiger partial charge on any atom is -0.443 e. The monoisotopic (exact) mass is 289 g/mol. The number of aliphatic hydroxyl groups is 1. The van der Waals surface area contributed by atoms with Gasteiger partial charge in [-0.05, 0) is 39.0 Å². The molecule has 0 atom stereocenters. The molecule has 0 saturated carbocycles. The first kappa shape index (κ1) is 15.7. The minimum absolute atomic E-state index is 0.0386. The quantitative estimate of drug-likeness (QED) is 0.929. The van der Waals surface area contributed by atoms with Gasteiger partial charge in [-0.3, -0.25) is 4.90 Å². The standard InChI is InChI=1S/C13H17ClFNO3/c1-13(2,3)19-12(18)16(6-7-17)9-4-5-11(15)10(14)8-9/h4-5,8,17H,6-7H2,1-3H3. The zero-order valence-corrected chi connectivity index (χ0v) is 11.9. The number of carbonyl (C=O) groups is 1. The van der Waals surface area contributed by atoms with Crippen LogP contribution in [0.3, 0.4) is 0 Å². The Labute approximate surface area is 116 Å². The summed E-state index contributed by atoms with van der Waals surface area (Å²) in [5, 5.41) is 8.92. The van der Waals surface area contributed by atoms with Gasteiger partial charge in [0.05, 0.1) is 18.2 Å². The molecule has 0 aliphatic carbocycles. The molecule has 4 nitrogen and oxygen atoms in total. The van der Waals surface area contributed by atoms with Crippen LogP contribution in [0, 0.1) is 5.82 Å². The van der Waals surface area contributed by atoms with Crippen molar-refractivity contribution in [2.45, 2.75) is 26.4 Å². The largest absolute Gasteiger partial charge is 0.443 e. The van der Waals surface area contributed by atoms with Crippen LogP contribution in [0.1, 0.15) is 20.8 Å². The number of halogens is 2. The second-order valence-corrected chi connectivity index (χ2v) is 5.36. The lowest BCUT2D eigenvalue weighted by Crippen LogP contribution is -2.38. The molecule has 0 aliphatic rings.